The molecule has 2 atom stereocenters. The largest absolute Gasteiger partial charge is 0.481 e. The molecular weight excluding hydrogens is 170 g/mol. The maximum atomic E-state index is 10.7. The summed E-state index contributed by atoms with van der Waals surface area (Å²) in [6, 6.07) is 0. The van der Waals surface area contributed by atoms with Crippen molar-refractivity contribution in [1.29, 1.82) is 0 Å². The molecular formula is C9H17NO3. The van der Waals surface area contributed by atoms with Crippen molar-refractivity contribution in [3.05, 3.63) is 0 Å². The summed E-state index contributed by atoms with van der Waals surface area (Å²) < 4.78 is 5.38. The van der Waals surface area contributed by atoms with Crippen molar-refractivity contribution in [3.8, 4) is 0 Å². The van der Waals surface area contributed by atoms with Crippen LogP contribution in [0.5, 0.6) is 0 Å². The number of rotatable bonds is 3. The molecule has 1 rings (SSSR count). The van der Waals surface area contributed by atoms with E-state index in [1.807, 2.05) is 14.0 Å². The molecule has 0 aromatic heterocycles. The summed E-state index contributed by atoms with van der Waals surface area (Å²) in [5.74, 6) is -0.747. The minimum absolute atomic E-state index is 0.153. The number of carboxylic acid groups (broad SMARTS) is 1. The molecule has 0 aromatic rings. The highest BCUT2D eigenvalue weighted by atomic mass is 16.5. The zero-order valence-corrected chi connectivity index (χ0v) is 8.17. The Balaban J connectivity index is 2.61. The predicted octanol–water partition coefficient (Wildman–Crippen LogP) is 0.618. The van der Waals surface area contributed by atoms with Gasteiger partial charge in [0.05, 0.1) is 12.5 Å². The summed E-state index contributed by atoms with van der Waals surface area (Å²) in [4.78, 5) is 10.7. The number of ether oxygens (including phenoxy) is 1. The standard InChI is InChI=1S/C9H17NO3/c1-7-5-9(10-2,3-4-13-7)6-8(11)12/h7,10H,3-6H2,1-2H3,(H,11,12). The Bertz CT molecular complexity index is 195. The number of carbonyl (C=O) groups is 1. The van der Waals surface area contributed by atoms with Crippen molar-refractivity contribution in [2.75, 3.05) is 13.7 Å². The molecule has 0 amide bonds. The first-order chi connectivity index (χ1) is 6.08. The maximum Gasteiger partial charge on any atom is 0.305 e. The van der Waals surface area contributed by atoms with Crippen LogP contribution in [-0.4, -0.2) is 36.4 Å². The van der Waals surface area contributed by atoms with E-state index in [9.17, 15) is 4.79 Å². The molecule has 1 aliphatic rings. The van der Waals surface area contributed by atoms with Gasteiger partial charge >= 0.3 is 5.97 Å². The van der Waals surface area contributed by atoms with Crippen molar-refractivity contribution in [3.63, 3.8) is 0 Å². The van der Waals surface area contributed by atoms with Gasteiger partial charge in [-0.1, -0.05) is 0 Å². The minimum atomic E-state index is -0.747. The number of carboxylic acids is 1. The van der Waals surface area contributed by atoms with Gasteiger partial charge < -0.3 is 15.2 Å². The molecule has 0 radical (unpaired) electrons. The maximum absolute atomic E-state index is 10.7. The van der Waals surface area contributed by atoms with Crippen LogP contribution in [0.3, 0.4) is 0 Å². The fourth-order valence-corrected chi connectivity index (χ4v) is 1.93. The van der Waals surface area contributed by atoms with Crippen molar-refractivity contribution < 1.29 is 14.6 Å². The normalized spacial score (nSPS) is 34.5. The summed E-state index contributed by atoms with van der Waals surface area (Å²) in [5, 5.41) is 11.9. The number of hydrogen-bond donors (Lipinski definition) is 2. The lowest BCUT2D eigenvalue weighted by Crippen LogP contribution is -2.51. The van der Waals surface area contributed by atoms with Gasteiger partial charge in [0.2, 0.25) is 0 Å². The van der Waals surface area contributed by atoms with Crippen LogP contribution in [0, 0.1) is 0 Å². The Morgan fingerprint density at radius 1 is 1.77 bits per heavy atom. The van der Waals surface area contributed by atoms with E-state index >= 15 is 0 Å². The molecule has 0 aromatic carbocycles. The molecule has 0 spiro atoms. The van der Waals surface area contributed by atoms with Gasteiger partial charge in [-0.15, -0.1) is 0 Å². The lowest BCUT2D eigenvalue weighted by Gasteiger charge is -2.38. The van der Waals surface area contributed by atoms with Gasteiger partial charge in [0.15, 0.2) is 0 Å². The summed E-state index contributed by atoms with van der Waals surface area (Å²) in [7, 11) is 1.82. The van der Waals surface area contributed by atoms with Gasteiger partial charge in [0.1, 0.15) is 0 Å². The van der Waals surface area contributed by atoms with E-state index < -0.39 is 5.97 Å². The van der Waals surface area contributed by atoms with Crippen LogP contribution in [-0.2, 0) is 9.53 Å². The second kappa shape index (κ2) is 4.07. The Morgan fingerprint density at radius 3 is 2.92 bits per heavy atom. The van der Waals surface area contributed by atoms with Gasteiger partial charge in [-0.05, 0) is 26.8 Å². The predicted molar refractivity (Wildman–Crippen MR) is 48.7 cm³/mol. The Labute approximate surface area is 78.3 Å². The molecule has 1 heterocycles. The Kier molecular flexibility index (Phi) is 3.27. The summed E-state index contributed by atoms with van der Waals surface area (Å²) in [6.07, 6.45) is 1.88. The molecule has 4 heteroatoms. The molecule has 0 aliphatic carbocycles. The van der Waals surface area contributed by atoms with E-state index in [4.69, 9.17) is 9.84 Å². The van der Waals surface area contributed by atoms with Crippen LogP contribution in [0.4, 0.5) is 0 Å². The highest BCUT2D eigenvalue weighted by Gasteiger charge is 2.35. The topological polar surface area (TPSA) is 58.6 Å². The van der Waals surface area contributed by atoms with Crippen molar-refractivity contribution in [2.45, 2.75) is 37.8 Å². The van der Waals surface area contributed by atoms with Gasteiger partial charge in [-0.3, -0.25) is 4.79 Å². The SMILES string of the molecule is CNC1(CC(=O)O)CCOC(C)C1. The van der Waals surface area contributed by atoms with Crippen molar-refractivity contribution in [1.82, 2.24) is 5.32 Å². The first-order valence-corrected chi connectivity index (χ1v) is 4.60. The zero-order chi connectivity index (χ0) is 9.90. The van der Waals surface area contributed by atoms with Crippen LogP contribution >= 0.6 is 0 Å². The average Bonchev–Trinajstić information content (AvgIpc) is 2.03. The molecule has 1 saturated heterocycles. The third-order valence-corrected chi connectivity index (χ3v) is 2.68. The third kappa shape index (κ3) is 2.67. The summed E-state index contributed by atoms with van der Waals surface area (Å²) in [6.45, 7) is 2.63. The van der Waals surface area contributed by atoms with Crippen LogP contribution in [0.15, 0.2) is 0 Å². The molecule has 1 aliphatic heterocycles. The molecule has 2 unspecified atom stereocenters. The molecule has 2 N–H and O–H groups in total. The summed E-state index contributed by atoms with van der Waals surface area (Å²) >= 11 is 0. The van der Waals surface area contributed by atoms with E-state index in [0.717, 1.165) is 12.8 Å². The molecule has 13 heavy (non-hydrogen) atoms. The van der Waals surface area contributed by atoms with Gasteiger partial charge in [0, 0.05) is 12.1 Å². The second-order valence-corrected chi connectivity index (χ2v) is 3.74. The molecule has 0 saturated carbocycles. The highest BCUT2D eigenvalue weighted by Crippen LogP contribution is 2.27. The average molecular weight is 187 g/mol. The molecule has 0 bridgehead atoms. The third-order valence-electron chi connectivity index (χ3n) is 2.68. The molecule has 76 valence electrons. The van der Waals surface area contributed by atoms with Crippen molar-refractivity contribution >= 4 is 5.97 Å². The van der Waals surface area contributed by atoms with Gasteiger partial charge in [0.25, 0.3) is 0 Å². The highest BCUT2D eigenvalue weighted by molar-refractivity contribution is 5.68. The van der Waals surface area contributed by atoms with E-state index in [-0.39, 0.29) is 18.1 Å². The van der Waals surface area contributed by atoms with E-state index in [1.54, 1.807) is 0 Å². The quantitative estimate of drug-likeness (QED) is 0.680. The lowest BCUT2D eigenvalue weighted by molar-refractivity contribution is -0.140. The van der Waals surface area contributed by atoms with E-state index in [0.29, 0.717) is 6.61 Å². The van der Waals surface area contributed by atoms with E-state index in [2.05, 4.69) is 5.32 Å². The Morgan fingerprint density at radius 2 is 2.46 bits per heavy atom. The lowest BCUT2D eigenvalue weighted by atomic mass is 9.84. The van der Waals surface area contributed by atoms with Gasteiger partial charge in [-0.2, -0.15) is 0 Å². The monoisotopic (exact) mass is 187 g/mol. The summed E-state index contributed by atoms with van der Waals surface area (Å²) in [5.41, 5.74) is -0.260. The first-order valence-electron chi connectivity index (χ1n) is 4.60. The number of nitrogens with one attached hydrogen (secondary N) is 1. The molecule has 4 nitrogen and oxygen atoms in total. The smallest absolute Gasteiger partial charge is 0.305 e. The number of hydrogen-bond acceptors (Lipinski definition) is 3. The minimum Gasteiger partial charge on any atom is -0.481 e. The Hall–Kier alpha value is -0.610. The van der Waals surface area contributed by atoms with Crippen LogP contribution in [0.1, 0.15) is 26.2 Å². The van der Waals surface area contributed by atoms with Crippen LogP contribution in [0.25, 0.3) is 0 Å². The van der Waals surface area contributed by atoms with Gasteiger partial charge in [-0.25, -0.2) is 0 Å². The van der Waals surface area contributed by atoms with E-state index in [1.165, 1.54) is 0 Å². The van der Waals surface area contributed by atoms with Crippen LogP contribution < -0.4 is 5.32 Å². The fourth-order valence-electron chi connectivity index (χ4n) is 1.93. The van der Waals surface area contributed by atoms with Crippen molar-refractivity contribution in [2.24, 2.45) is 0 Å². The van der Waals surface area contributed by atoms with Crippen LogP contribution in [0.2, 0.25) is 0 Å². The fraction of sp³-hybridized carbons (Fsp3) is 0.889. The second-order valence-electron chi connectivity index (χ2n) is 3.74. The molecule has 1 fully saturated rings. The first kappa shape index (κ1) is 10.5. The number of aliphatic carboxylic acids is 1. The zero-order valence-electron chi connectivity index (χ0n) is 8.17.